The summed E-state index contributed by atoms with van der Waals surface area (Å²) in [5.74, 6) is -0.281. The molecule has 3 N–H and O–H groups in total. The van der Waals surface area contributed by atoms with Crippen LogP contribution in [0.2, 0.25) is 0 Å². The van der Waals surface area contributed by atoms with Crippen LogP contribution in [-0.2, 0) is 34.1 Å². The number of rotatable bonds is 7. The molecule has 5 rings (SSSR count). The van der Waals surface area contributed by atoms with E-state index in [1.807, 2.05) is 48.8 Å². The molecule has 3 aromatic rings. The number of carbonyl (C=O) groups is 1. The van der Waals surface area contributed by atoms with Crippen molar-refractivity contribution in [3.05, 3.63) is 76.0 Å². The number of nitrogens with two attached hydrogens (primary N) is 1. The number of likely N-dealkylation sites (N-methyl/N-ethyl adjacent to an activating group) is 1. The van der Waals surface area contributed by atoms with E-state index in [0.29, 0.717) is 37.2 Å². The monoisotopic (exact) mass is 563 g/mol. The van der Waals surface area contributed by atoms with Crippen LogP contribution >= 0.6 is 11.3 Å². The first kappa shape index (κ1) is 27.5. The predicted molar refractivity (Wildman–Crippen MR) is 153 cm³/mol. The Hall–Kier alpha value is -3.07. The highest BCUT2D eigenvalue weighted by molar-refractivity contribution is 7.89. The molecular formula is C29H33N5O3S2. The summed E-state index contributed by atoms with van der Waals surface area (Å²) in [7, 11) is -1.52. The number of benzene rings is 2. The molecule has 39 heavy (non-hydrogen) atoms. The molecule has 1 amide bonds. The minimum absolute atomic E-state index is 0.281. The Morgan fingerprint density at radius 3 is 2.36 bits per heavy atom. The van der Waals surface area contributed by atoms with Gasteiger partial charge in [-0.15, -0.1) is 11.3 Å². The van der Waals surface area contributed by atoms with Crippen molar-refractivity contribution in [2.45, 2.75) is 42.2 Å². The number of sulfonamides is 1. The zero-order chi connectivity index (χ0) is 27.6. The molecule has 10 heteroatoms. The van der Waals surface area contributed by atoms with Crippen molar-refractivity contribution < 1.29 is 13.2 Å². The summed E-state index contributed by atoms with van der Waals surface area (Å²) < 4.78 is 27.5. The third kappa shape index (κ3) is 5.93. The van der Waals surface area contributed by atoms with Gasteiger partial charge >= 0.3 is 0 Å². The van der Waals surface area contributed by atoms with Crippen molar-refractivity contribution in [3.63, 3.8) is 0 Å². The largest absolute Gasteiger partial charge is 0.338 e. The van der Waals surface area contributed by atoms with Gasteiger partial charge in [0.2, 0.25) is 15.9 Å². The first-order chi connectivity index (χ1) is 18.7. The van der Waals surface area contributed by atoms with Gasteiger partial charge in [-0.05, 0) is 65.7 Å². The first-order valence-corrected chi connectivity index (χ1v) is 15.4. The van der Waals surface area contributed by atoms with Crippen LogP contribution in [0.3, 0.4) is 0 Å². The smallest absolute Gasteiger partial charge is 0.243 e. The number of nitrogens with one attached hydrogen (secondary N) is 1. The maximum Gasteiger partial charge on any atom is 0.243 e. The number of hydrogen-bond donors (Lipinski definition) is 2. The summed E-state index contributed by atoms with van der Waals surface area (Å²) >= 11 is 1.62. The van der Waals surface area contributed by atoms with Gasteiger partial charge in [-0.2, -0.15) is 9.57 Å². The lowest BCUT2D eigenvalue weighted by molar-refractivity contribution is -0.127. The van der Waals surface area contributed by atoms with E-state index in [1.54, 1.807) is 27.8 Å². The summed E-state index contributed by atoms with van der Waals surface area (Å²) in [4.78, 5) is 16.6. The van der Waals surface area contributed by atoms with Gasteiger partial charge in [0.25, 0.3) is 0 Å². The molecule has 0 spiro atoms. The first-order valence-electron chi connectivity index (χ1n) is 13.1. The molecular weight excluding hydrogens is 530 g/mol. The highest BCUT2D eigenvalue weighted by atomic mass is 32.2. The van der Waals surface area contributed by atoms with Gasteiger partial charge in [0, 0.05) is 43.9 Å². The Balaban J connectivity index is 1.21. The Kier molecular flexibility index (Phi) is 7.89. The molecule has 204 valence electrons. The van der Waals surface area contributed by atoms with E-state index in [4.69, 9.17) is 5.73 Å². The number of aryl methyl sites for hydroxylation is 1. The van der Waals surface area contributed by atoms with Crippen molar-refractivity contribution >= 4 is 27.3 Å². The number of hydrogen-bond acceptors (Lipinski definition) is 7. The molecule has 2 aliphatic rings. The van der Waals surface area contributed by atoms with Crippen molar-refractivity contribution in [1.82, 2.24) is 14.5 Å². The fourth-order valence-corrected chi connectivity index (χ4v) is 7.65. The van der Waals surface area contributed by atoms with Crippen LogP contribution in [0.5, 0.6) is 0 Å². The standard InChI is InChI=1S/C29H33N5O3S2/c1-33-13-15-34(16-14-33)39(36,37)26-8-6-23(7-9-26)22-4-2-21(3-5-22)18-25(20-30)32-28(35)29(31)12-10-24-11-17-38-27(24)19-29/h2-9,11,17,25H,10,12-16,18-19,31H2,1H3,(H,32,35). The van der Waals surface area contributed by atoms with Crippen molar-refractivity contribution in [2.75, 3.05) is 33.2 Å². The maximum absolute atomic E-state index is 13.0. The molecule has 1 saturated heterocycles. The van der Waals surface area contributed by atoms with E-state index >= 15 is 0 Å². The zero-order valence-electron chi connectivity index (χ0n) is 22.0. The van der Waals surface area contributed by atoms with Crippen LogP contribution < -0.4 is 11.1 Å². The van der Waals surface area contributed by atoms with E-state index < -0.39 is 21.6 Å². The van der Waals surface area contributed by atoms with Crippen LogP contribution in [0.1, 0.15) is 22.4 Å². The van der Waals surface area contributed by atoms with E-state index in [1.165, 1.54) is 5.56 Å². The maximum atomic E-state index is 13.0. The normalized spacial score (nSPS) is 21.1. The van der Waals surface area contributed by atoms with Gasteiger partial charge in [0.15, 0.2) is 0 Å². The topological polar surface area (TPSA) is 120 Å². The summed E-state index contributed by atoms with van der Waals surface area (Å²) in [6, 6.07) is 18.3. The highest BCUT2D eigenvalue weighted by Crippen LogP contribution is 2.31. The number of nitriles is 1. The number of fused-ring (bicyclic) bond motifs is 1. The van der Waals surface area contributed by atoms with Gasteiger partial charge in [0.05, 0.1) is 11.0 Å². The molecule has 1 aromatic heterocycles. The number of piperazine rings is 1. The lowest BCUT2D eigenvalue weighted by Gasteiger charge is -2.32. The summed E-state index contributed by atoms with van der Waals surface area (Å²) in [6.45, 7) is 2.44. The Morgan fingerprint density at radius 1 is 1.08 bits per heavy atom. The van der Waals surface area contributed by atoms with Gasteiger partial charge in [-0.1, -0.05) is 36.4 Å². The SMILES string of the molecule is CN1CCN(S(=O)(=O)c2ccc(-c3ccc(CC(C#N)NC(=O)C4(N)CCc5ccsc5C4)cc3)cc2)CC1. The zero-order valence-corrected chi connectivity index (χ0v) is 23.6. The number of carbonyl (C=O) groups excluding carboxylic acids is 1. The molecule has 2 aromatic carbocycles. The van der Waals surface area contributed by atoms with Crippen LogP contribution in [0.25, 0.3) is 11.1 Å². The van der Waals surface area contributed by atoms with E-state index in [-0.39, 0.29) is 5.91 Å². The van der Waals surface area contributed by atoms with Crippen molar-refractivity contribution in [3.8, 4) is 17.2 Å². The average molecular weight is 564 g/mol. The molecule has 1 aliphatic carbocycles. The molecule has 1 fully saturated rings. The Labute approximate surface area is 234 Å². The minimum Gasteiger partial charge on any atom is -0.338 e. The molecule has 0 saturated carbocycles. The second kappa shape index (κ2) is 11.2. The molecule has 2 unspecified atom stereocenters. The number of thiophene rings is 1. The third-order valence-corrected chi connectivity index (χ3v) is 10.6. The lowest BCUT2D eigenvalue weighted by Crippen LogP contribution is -2.58. The van der Waals surface area contributed by atoms with Gasteiger partial charge < -0.3 is 16.0 Å². The van der Waals surface area contributed by atoms with E-state index in [0.717, 1.165) is 41.1 Å². The molecule has 2 heterocycles. The predicted octanol–water partition coefficient (Wildman–Crippen LogP) is 2.79. The highest BCUT2D eigenvalue weighted by Gasteiger charge is 2.39. The van der Waals surface area contributed by atoms with Crippen LogP contribution in [0.4, 0.5) is 0 Å². The van der Waals surface area contributed by atoms with Crippen molar-refractivity contribution in [1.29, 1.82) is 5.26 Å². The van der Waals surface area contributed by atoms with Crippen LogP contribution in [0.15, 0.2) is 64.9 Å². The molecule has 1 aliphatic heterocycles. The fourth-order valence-electron chi connectivity index (χ4n) is 5.17. The van der Waals surface area contributed by atoms with E-state index in [9.17, 15) is 18.5 Å². The molecule has 8 nitrogen and oxygen atoms in total. The summed E-state index contributed by atoms with van der Waals surface area (Å²) in [5.41, 5.74) is 9.50. The molecule has 0 bridgehead atoms. The third-order valence-electron chi connectivity index (χ3n) is 7.75. The van der Waals surface area contributed by atoms with Crippen LogP contribution in [-0.4, -0.2) is 68.3 Å². The minimum atomic E-state index is -3.51. The molecule has 2 atom stereocenters. The summed E-state index contributed by atoms with van der Waals surface area (Å²) in [5, 5.41) is 14.6. The lowest BCUT2D eigenvalue weighted by atomic mass is 9.81. The fraction of sp³-hybridized carbons (Fsp3) is 0.379. The van der Waals surface area contributed by atoms with Crippen molar-refractivity contribution in [2.24, 2.45) is 5.73 Å². The quantitative estimate of drug-likeness (QED) is 0.456. The van der Waals surface area contributed by atoms with E-state index in [2.05, 4.69) is 22.4 Å². The molecule has 0 radical (unpaired) electrons. The Bertz CT molecular complexity index is 1470. The van der Waals surface area contributed by atoms with Gasteiger partial charge in [-0.3, -0.25) is 4.79 Å². The second-order valence-electron chi connectivity index (χ2n) is 10.5. The van der Waals surface area contributed by atoms with Gasteiger partial charge in [0.1, 0.15) is 11.6 Å². The Morgan fingerprint density at radius 2 is 1.72 bits per heavy atom. The second-order valence-corrected chi connectivity index (χ2v) is 13.4. The van der Waals surface area contributed by atoms with Gasteiger partial charge in [-0.25, -0.2) is 8.42 Å². The number of amides is 1. The average Bonchev–Trinajstić information content (AvgIpc) is 3.41. The summed E-state index contributed by atoms with van der Waals surface area (Å²) in [6.07, 6.45) is 2.19. The van der Waals surface area contributed by atoms with Crippen LogP contribution in [0, 0.1) is 11.3 Å². The number of nitrogens with zero attached hydrogens (tertiary/aromatic N) is 3.